The molecule has 1 aliphatic rings. The molecule has 1 saturated heterocycles. The molecule has 0 aliphatic carbocycles. The molecule has 0 atom stereocenters. The number of likely N-dealkylation sites (tertiary alicyclic amines) is 1. The summed E-state index contributed by atoms with van der Waals surface area (Å²) in [6.45, 7) is 1.80. The summed E-state index contributed by atoms with van der Waals surface area (Å²) in [5.74, 6) is 0.185. The molecular formula is C13H13N3OS. The van der Waals surface area contributed by atoms with Gasteiger partial charge >= 0.3 is 0 Å². The van der Waals surface area contributed by atoms with E-state index in [1.54, 1.807) is 23.7 Å². The van der Waals surface area contributed by atoms with Gasteiger partial charge in [-0.05, 0) is 18.6 Å². The van der Waals surface area contributed by atoms with Gasteiger partial charge in [0.05, 0.1) is 12.1 Å². The van der Waals surface area contributed by atoms with E-state index in [1.165, 1.54) is 0 Å². The van der Waals surface area contributed by atoms with Crippen molar-refractivity contribution in [3.8, 4) is 10.6 Å². The number of hydrogen-bond acceptors (Lipinski definition) is 4. The van der Waals surface area contributed by atoms with Gasteiger partial charge in [0, 0.05) is 36.4 Å². The standard InChI is InChI=1S/C13H13N3OS/c17-12(16-5-2-6-16)7-11-9-18-13(15-11)10-3-1-4-14-8-10/h1,3-4,8-9H,2,5-7H2. The van der Waals surface area contributed by atoms with Gasteiger partial charge in [-0.15, -0.1) is 11.3 Å². The maximum Gasteiger partial charge on any atom is 0.228 e. The first kappa shape index (κ1) is 11.3. The molecule has 5 heteroatoms. The normalized spacial score (nSPS) is 14.3. The van der Waals surface area contributed by atoms with Crippen LogP contribution in [0.15, 0.2) is 29.9 Å². The predicted molar refractivity (Wildman–Crippen MR) is 70.2 cm³/mol. The van der Waals surface area contributed by atoms with Gasteiger partial charge < -0.3 is 4.90 Å². The number of amides is 1. The first-order valence-corrected chi connectivity index (χ1v) is 6.83. The second-order valence-corrected chi connectivity index (χ2v) is 5.15. The molecule has 3 heterocycles. The minimum atomic E-state index is 0.185. The van der Waals surface area contributed by atoms with E-state index in [9.17, 15) is 4.79 Å². The number of aromatic nitrogens is 2. The number of nitrogens with zero attached hydrogens (tertiary/aromatic N) is 3. The lowest BCUT2D eigenvalue weighted by Crippen LogP contribution is -2.42. The van der Waals surface area contributed by atoms with E-state index in [2.05, 4.69) is 9.97 Å². The lowest BCUT2D eigenvalue weighted by Gasteiger charge is -2.30. The molecule has 0 radical (unpaired) electrons. The summed E-state index contributed by atoms with van der Waals surface area (Å²) in [6.07, 6.45) is 5.08. The van der Waals surface area contributed by atoms with Crippen LogP contribution in [-0.4, -0.2) is 33.9 Å². The molecule has 0 aromatic carbocycles. The molecule has 2 aromatic heterocycles. The largest absolute Gasteiger partial charge is 0.342 e. The molecule has 0 unspecified atom stereocenters. The predicted octanol–water partition coefficient (Wildman–Crippen LogP) is 1.98. The number of hydrogen-bond donors (Lipinski definition) is 0. The SMILES string of the molecule is O=C(Cc1csc(-c2cccnc2)n1)N1CCC1. The Balaban J connectivity index is 1.71. The van der Waals surface area contributed by atoms with E-state index in [4.69, 9.17) is 0 Å². The molecule has 4 nitrogen and oxygen atoms in total. The van der Waals surface area contributed by atoms with Gasteiger partial charge in [-0.25, -0.2) is 4.98 Å². The second-order valence-electron chi connectivity index (χ2n) is 4.30. The van der Waals surface area contributed by atoms with Crippen LogP contribution in [0.25, 0.3) is 10.6 Å². The number of carbonyl (C=O) groups excluding carboxylic acids is 1. The fourth-order valence-electron chi connectivity index (χ4n) is 1.84. The highest BCUT2D eigenvalue weighted by Gasteiger charge is 2.21. The summed E-state index contributed by atoms with van der Waals surface area (Å²) < 4.78 is 0. The maximum absolute atomic E-state index is 11.8. The Bertz CT molecular complexity index is 548. The maximum atomic E-state index is 11.8. The molecule has 0 bridgehead atoms. The highest BCUT2D eigenvalue weighted by atomic mass is 32.1. The van der Waals surface area contributed by atoms with Crippen molar-refractivity contribution < 1.29 is 4.79 Å². The molecule has 3 rings (SSSR count). The zero-order chi connectivity index (χ0) is 12.4. The average Bonchev–Trinajstić information content (AvgIpc) is 2.76. The molecule has 2 aromatic rings. The van der Waals surface area contributed by atoms with Gasteiger partial charge in [-0.1, -0.05) is 0 Å². The zero-order valence-corrected chi connectivity index (χ0v) is 10.7. The fourth-order valence-corrected chi connectivity index (χ4v) is 2.65. The van der Waals surface area contributed by atoms with Crippen LogP contribution in [-0.2, 0) is 11.2 Å². The van der Waals surface area contributed by atoms with Crippen LogP contribution < -0.4 is 0 Å². The molecule has 18 heavy (non-hydrogen) atoms. The van der Waals surface area contributed by atoms with Crippen LogP contribution in [0.2, 0.25) is 0 Å². The van der Waals surface area contributed by atoms with Crippen LogP contribution in [0, 0.1) is 0 Å². The average molecular weight is 259 g/mol. The summed E-state index contributed by atoms with van der Waals surface area (Å²) >= 11 is 1.56. The van der Waals surface area contributed by atoms with Crippen molar-refractivity contribution in [2.75, 3.05) is 13.1 Å². The third-order valence-corrected chi connectivity index (χ3v) is 3.94. The third kappa shape index (κ3) is 2.26. The van der Waals surface area contributed by atoms with E-state index in [1.807, 2.05) is 22.4 Å². The Kier molecular flexibility index (Phi) is 3.06. The Hall–Kier alpha value is -1.75. The Labute approximate surface area is 109 Å². The van der Waals surface area contributed by atoms with Gasteiger partial charge in [-0.3, -0.25) is 9.78 Å². The van der Waals surface area contributed by atoms with Crippen LogP contribution in [0.3, 0.4) is 0 Å². The van der Waals surface area contributed by atoms with E-state index in [-0.39, 0.29) is 5.91 Å². The molecule has 1 fully saturated rings. The van der Waals surface area contributed by atoms with Crippen molar-refractivity contribution in [2.24, 2.45) is 0 Å². The van der Waals surface area contributed by atoms with Crippen LogP contribution >= 0.6 is 11.3 Å². The summed E-state index contributed by atoms with van der Waals surface area (Å²) in [7, 11) is 0. The van der Waals surface area contributed by atoms with Crippen molar-refractivity contribution in [1.29, 1.82) is 0 Å². The van der Waals surface area contributed by atoms with E-state index in [0.29, 0.717) is 6.42 Å². The Morgan fingerprint density at radius 2 is 2.33 bits per heavy atom. The lowest BCUT2D eigenvalue weighted by molar-refractivity contribution is -0.133. The zero-order valence-electron chi connectivity index (χ0n) is 9.87. The molecule has 0 saturated carbocycles. The van der Waals surface area contributed by atoms with Crippen LogP contribution in [0.1, 0.15) is 12.1 Å². The minimum Gasteiger partial charge on any atom is -0.342 e. The fraction of sp³-hybridized carbons (Fsp3) is 0.308. The molecule has 1 amide bonds. The van der Waals surface area contributed by atoms with E-state index >= 15 is 0 Å². The first-order valence-electron chi connectivity index (χ1n) is 5.95. The lowest BCUT2D eigenvalue weighted by atomic mass is 10.2. The summed E-state index contributed by atoms with van der Waals surface area (Å²) in [6, 6.07) is 3.87. The third-order valence-electron chi connectivity index (χ3n) is 3.00. The minimum absolute atomic E-state index is 0.185. The molecule has 0 N–H and O–H groups in total. The highest BCUT2D eigenvalue weighted by Crippen LogP contribution is 2.23. The molecule has 92 valence electrons. The smallest absolute Gasteiger partial charge is 0.228 e. The van der Waals surface area contributed by atoms with Gasteiger partial charge in [0.1, 0.15) is 5.01 Å². The van der Waals surface area contributed by atoms with Crippen molar-refractivity contribution >= 4 is 17.2 Å². The molecular weight excluding hydrogens is 246 g/mol. The summed E-state index contributed by atoms with van der Waals surface area (Å²) in [5.41, 5.74) is 1.86. The number of thiazole rings is 1. The quantitative estimate of drug-likeness (QED) is 0.846. The van der Waals surface area contributed by atoms with Gasteiger partial charge in [-0.2, -0.15) is 0 Å². The number of pyridine rings is 1. The highest BCUT2D eigenvalue weighted by molar-refractivity contribution is 7.13. The van der Waals surface area contributed by atoms with Gasteiger partial charge in [0.25, 0.3) is 0 Å². The van der Waals surface area contributed by atoms with Gasteiger partial charge in [0.15, 0.2) is 0 Å². The monoisotopic (exact) mass is 259 g/mol. The van der Waals surface area contributed by atoms with Crippen molar-refractivity contribution in [3.63, 3.8) is 0 Å². The number of carbonyl (C=O) groups is 1. The van der Waals surface area contributed by atoms with E-state index in [0.717, 1.165) is 35.8 Å². The number of rotatable bonds is 3. The molecule has 0 spiro atoms. The first-order chi connectivity index (χ1) is 8.83. The topological polar surface area (TPSA) is 46.1 Å². The van der Waals surface area contributed by atoms with Crippen molar-refractivity contribution in [3.05, 3.63) is 35.6 Å². The Morgan fingerprint density at radius 3 is 3.00 bits per heavy atom. The van der Waals surface area contributed by atoms with Crippen LogP contribution in [0.4, 0.5) is 0 Å². The second kappa shape index (κ2) is 4.86. The Morgan fingerprint density at radius 1 is 1.44 bits per heavy atom. The van der Waals surface area contributed by atoms with E-state index < -0.39 is 0 Å². The van der Waals surface area contributed by atoms with Crippen LogP contribution in [0.5, 0.6) is 0 Å². The summed E-state index contributed by atoms with van der Waals surface area (Å²) in [5, 5.41) is 2.88. The van der Waals surface area contributed by atoms with Crippen molar-refractivity contribution in [1.82, 2.24) is 14.9 Å². The van der Waals surface area contributed by atoms with Crippen molar-refractivity contribution in [2.45, 2.75) is 12.8 Å². The van der Waals surface area contributed by atoms with Gasteiger partial charge in [0.2, 0.25) is 5.91 Å². The molecule has 1 aliphatic heterocycles. The summed E-state index contributed by atoms with van der Waals surface area (Å²) in [4.78, 5) is 22.3.